The zero-order valence-corrected chi connectivity index (χ0v) is 18.3. The van der Waals surface area contributed by atoms with Crippen LogP contribution in [0.5, 0.6) is 17.2 Å². The Morgan fingerprint density at radius 2 is 1.88 bits per heavy atom. The van der Waals surface area contributed by atoms with Gasteiger partial charge in [-0.15, -0.1) is 24.5 Å². The molecule has 1 N–H and O–H groups in total. The van der Waals surface area contributed by atoms with Crippen molar-refractivity contribution in [3.63, 3.8) is 0 Å². The highest BCUT2D eigenvalue weighted by Gasteiger charge is 2.31. The molecule has 2 heterocycles. The van der Waals surface area contributed by atoms with Gasteiger partial charge in [-0.1, -0.05) is 11.8 Å². The summed E-state index contributed by atoms with van der Waals surface area (Å²) in [7, 11) is 0. The highest BCUT2D eigenvalue weighted by atomic mass is 32.2. The van der Waals surface area contributed by atoms with E-state index in [0.717, 1.165) is 12.1 Å². The molecule has 1 aliphatic heterocycles. The molecule has 33 heavy (non-hydrogen) atoms. The number of rotatable bonds is 8. The first kappa shape index (κ1) is 22.9. The van der Waals surface area contributed by atoms with Gasteiger partial charge in [0.25, 0.3) is 0 Å². The van der Waals surface area contributed by atoms with E-state index in [1.165, 1.54) is 35.2 Å². The van der Waals surface area contributed by atoms with Crippen LogP contribution in [0.1, 0.15) is 16.1 Å². The second-order valence-corrected chi connectivity index (χ2v) is 8.76. The van der Waals surface area contributed by atoms with Crippen LogP contribution in [0.15, 0.2) is 52.2 Å². The Hall–Kier alpha value is -3.25. The van der Waals surface area contributed by atoms with Crippen LogP contribution in [0, 0.1) is 0 Å². The quantitative estimate of drug-likeness (QED) is 0.350. The number of thiazole rings is 1. The summed E-state index contributed by atoms with van der Waals surface area (Å²) >= 11 is 2.58. The van der Waals surface area contributed by atoms with Crippen LogP contribution in [0.25, 0.3) is 0 Å². The SMILES string of the molecule is O=C(Cc1csc(SCC(=O)c2ccc3c(c2)OCO3)n1)Nc1ccc(OC(F)(F)F)cc1. The van der Waals surface area contributed by atoms with Gasteiger partial charge in [0.05, 0.1) is 17.9 Å². The Labute approximate surface area is 193 Å². The molecule has 4 rings (SSSR count). The molecule has 0 aliphatic carbocycles. The van der Waals surface area contributed by atoms with E-state index in [1.54, 1.807) is 23.6 Å². The fourth-order valence-electron chi connectivity index (χ4n) is 2.83. The minimum Gasteiger partial charge on any atom is -0.454 e. The Balaban J connectivity index is 1.26. The topological polar surface area (TPSA) is 86.8 Å². The molecule has 12 heteroatoms. The van der Waals surface area contributed by atoms with Crippen molar-refractivity contribution in [3.05, 3.63) is 59.1 Å². The van der Waals surface area contributed by atoms with Gasteiger partial charge in [0.1, 0.15) is 5.75 Å². The number of fused-ring (bicyclic) bond motifs is 1. The number of thioether (sulfide) groups is 1. The highest BCUT2D eigenvalue weighted by Crippen LogP contribution is 2.33. The van der Waals surface area contributed by atoms with Crippen LogP contribution in [0.4, 0.5) is 18.9 Å². The fraction of sp³-hybridized carbons (Fsp3) is 0.190. The third kappa shape index (κ3) is 6.39. The lowest BCUT2D eigenvalue weighted by atomic mass is 10.1. The number of amides is 1. The van der Waals surface area contributed by atoms with Crippen molar-refractivity contribution >= 4 is 40.5 Å². The van der Waals surface area contributed by atoms with E-state index in [0.29, 0.717) is 32.8 Å². The average Bonchev–Trinajstić information content (AvgIpc) is 3.41. The van der Waals surface area contributed by atoms with E-state index in [2.05, 4.69) is 15.0 Å². The minimum atomic E-state index is -4.78. The summed E-state index contributed by atoms with van der Waals surface area (Å²) in [6.07, 6.45) is -4.80. The van der Waals surface area contributed by atoms with Crippen molar-refractivity contribution in [2.24, 2.45) is 0 Å². The number of benzene rings is 2. The van der Waals surface area contributed by atoms with Crippen LogP contribution in [0.3, 0.4) is 0 Å². The van der Waals surface area contributed by atoms with Crippen LogP contribution < -0.4 is 19.5 Å². The number of nitrogens with zero attached hydrogens (tertiary/aromatic N) is 1. The van der Waals surface area contributed by atoms with Crippen molar-refractivity contribution in [2.45, 2.75) is 17.1 Å². The zero-order chi connectivity index (χ0) is 23.4. The second-order valence-electron chi connectivity index (χ2n) is 6.68. The van der Waals surface area contributed by atoms with Crippen molar-refractivity contribution < 1.29 is 37.0 Å². The third-order valence-corrected chi connectivity index (χ3v) is 6.34. The molecule has 1 aromatic heterocycles. The van der Waals surface area contributed by atoms with E-state index in [1.807, 2.05) is 0 Å². The molecule has 0 radical (unpaired) electrons. The van der Waals surface area contributed by atoms with Gasteiger partial charge in [0, 0.05) is 16.6 Å². The molecule has 0 bridgehead atoms. The van der Waals surface area contributed by atoms with E-state index in [4.69, 9.17) is 9.47 Å². The van der Waals surface area contributed by atoms with Crippen molar-refractivity contribution in [2.75, 3.05) is 17.9 Å². The molecule has 0 saturated carbocycles. The van der Waals surface area contributed by atoms with Crippen molar-refractivity contribution in [3.8, 4) is 17.2 Å². The Kier molecular flexibility index (Phi) is 6.75. The number of carbonyl (C=O) groups excluding carboxylic acids is 2. The predicted octanol–water partition coefficient (Wildman–Crippen LogP) is 4.93. The molecular formula is C21H15F3N2O5S2. The summed E-state index contributed by atoms with van der Waals surface area (Å²) in [5.74, 6) is 0.467. The Morgan fingerprint density at radius 1 is 1.12 bits per heavy atom. The maximum Gasteiger partial charge on any atom is 0.573 e. The average molecular weight is 496 g/mol. The van der Waals surface area contributed by atoms with Crippen LogP contribution in [0.2, 0.25) is 0 Å². The van der Waals surface area contributed by atoms with Gasteiger partial charge >= 0.3 is 6.36 Å². The number of Topliss-reactive ketones (excluding diaryl/α,β-unsaturated/α-hetero) is 1. The maximum atomic E-state index is 12.4. The zero-order valence-electron chi connectivity index (χ0n) is 16.7. The number of aromatic nitrogens is 1. The maximum absolute atomic E-state index is 12.4. The molecule has 172 valence electrons. The molecule has 1 amide bonds. The molecule has 0 saturated heterocycles. The summed E-state index contributed by atoms with van der Waals surface area (Å²) in [6, 6.07) is 9.85. The number of carbonyl (C=O) groups is 2. The van der Waals surface area contributed by atoms with E-state index < -0.39 is 6.36 Å². The van der Waals surface area contributed by atoms with Gasteiger partial charge < -0.3 is 19.5 Å². The van der Waals surface area contributed by atoms with Gasteiger partial charge in [0.15, 0.2) is 21.6 Å². The van der Waals surface area contributed by atoms with Crippen LogP contribution >= 0.6 is 23.1 Å². The molecule has 0 fully saturated rings. The van der Waals surface area contributed by atoms with Gasteiger partial charge in [-0.25, -0.2) is 4.98 Å². The standard InChI is InChI=1S/C21H15F3N2O5S2/c22-21(23,24)31-15-4-2-13(3-5-15)25-19(28)8-14-9-32-20(26-14)33-10-16(27)12-1-6-17-18(7-12)30-11-29-17/h1-7,9H,8,10-11H2,(H,25,28). The molecule has 1 aliphatic rings. The smallest absolute Gasteiger partial charge is 0.454 e. The number of ketones is 1. The number of hydrogen-bond acceptors (Lipinski definition) is 8. The highest BCUT2D eigenvalue weighted by molar-refractivity contribution is 8.01. The molecular weight excluding hydrogens is 481 g/mol. The summed E-state index contributed by atoms with van der Waals surface area (Å²) in [4.78, 5) is 29.0. The summed E-state index contributed by atoms with van der Waals surface area (Å²) in [5.41, 5.74) is 1.36. The molecule has 7 nitrogen and oxygen atoms in total. The third-order valence-electron chi connectivity index (χ3n) is 4.27. The largest absolute Gasteiger partial charge is 0.573 e. The van der Waals surface area contributed by atoms with E-state index >= 15 is 0 Å². The second kappa shape index (κ2) is 9.71. The van der Waals surface area contributed by atoms with Crippen molar-refractivity contribution in [1.82, 2.24) is 4.98 Å². The molecule has 0 unspecified atom stereocenters. The first-order valence-corrected chi connectivity index (χ1v) is 11.3. The number of ether oxygens (including phenoxy) is 3. The van der Waals surface area contributed by atoms with Crippen LogP contribution in [-0.4, -0.2) is 35.6 Å². The summed E-state index contributed by atoms with van der Waals surface area (Å²) in [6.45, 7) is 0.134. The number of anilines is 1. The van der Waals surface area contributed by atoms with Crippen molar-refractivity contribution in [1.29, 1.82) is 0 Å². The lowest BCUT2D eigenvalue weighted by molar-refractivity contribution is -0.274. The lowest BCUT2D eigenvalue weighted by Crippen LogP contribution is -2.17. The number of nitrogens with one attached hydrogen (secondary N) is 1. The molecule has 2 aromatic carbocycles. The summed E-state index contributed by atoms with van der Waals surface area (Å²) < 4.78 is 51.5. The monoisotopic (exact) mass is 496 g/mol. The molecule has 0 spiro atoms. The predicted molar refractivity (Wildman–Crippen MR) is 115 cm³/mol. The molecule has 3 aromatic rings. The summed E-state index contributed by atoms with van der Waals surface area (Å²) in [5, 5.41) is 4.30. The number of halogens is 3. The van der Waals surface area contributed by atoms with Crippen LogP contribution in [-0.2, 0) is 11.2 Å². The normalized spacial score (nSPS) is 12.5. The van der Waals surface area contributed by atoms with E-state index in [-0.39, 0.29) is 36.4 Å². The van der Waals surface area contributed by atoms with Gasteiger partial charge in [-0.05, 0) is 42.5 Å². The fourth-order valence-corrected chi connectivity index (χ4v) is 4.57. The Morgan fingerprint density at radius 3 is 2.64 bits per heavy atom. The molecule has 0 atom stereocenters. The first-order chi connectivity index (χ1) is 15.7. The number of hydrogen-bond donors (Lipinski definition) is 1. The Bertz CT molecular complexity index is 1170. The number of alkyl halides is 3. The van der Waals surface area contributed by atoms with Gasteiger partial charge in [-0.3, -0.25) is 9.59 Å². The van der Waals surface area contributed by atoms with Gasteiger partial charge in [0.2, 0.25) is 12.7 Å². The van der Waals surface area contributed by atoms with Gasteiger partial charge in [-0.2, -0.15) is 0 Å². The van der Waals surface area contributed by atoms with E-state index in [9.17, 15) is 22.8 Å². The first-order valence-electron chi connectivity index (χ1n) is 9.41. The lowest BCUT2D eigenvalue weighted by Gasteiger charge is -2.09. The minimum absolute atomic E-state index is 0.0199.